The highest BCUT2D eigenvalue weighted by atomic mass is 32.2. The molecule has 0 unspecified atom stereocenters. The fraction of sp³-hybridized carbons (Fsp3) is 0.240. The van der Waals surface area contributed by atoms with E-state index in [-0.39, 0.29) is 23.4 Å². The molecule has 3 aromatic rings. The number of hydrogen-bond donors (Lipinski definition) is 1. The summed E-state index contributed by atoms with van der Waals surface area (Å²) in [6, 6.07) is 22.8. The summed E-state index contributed by atoms with van der Waals surface area (Å²) in [5.74, 6) is 0.159. The zero-order chi connectivity index (χ0) is 22.6. The minimum atomic E-state index is -3.96. The van der Waals surface area contributed by atoms with E-state index in [1.165, 1.54) is 24.8 Å². The van der Waals surface area contributed by atoms with Gasteiger partial charge in [0.15, 0.2) is 0 Å². The predicted octanol–water partition coefficient (Wildman–Crippen LogP) is 4.08. The summed E-state index contributed by atoms with van der Waals surface area (Å²) in [7, 11) is -2.44. The average Bonchev–Trinajstić information content (AvgIpc) is 2.83. The van der Waals surface area contributed by atoms with Crippen LogP contribution in [0, 0.1) is 0 Å². The minimum absolute atomic E-state index is 0.124. The Morgan fingerprint density at radius 2 is 1.78 bits per heavy atom. The number of nitrogens with zero attached hydrogens (tertiary/aromatic N) is 1. The maximum Gasteiger partial charge on any atom is 0.264 e. The first-order chi connectivity index (χ1) is 15.5. The summed E-state index contributed by atoms with van der Waals surface area (Å²) in [4.78, 5) is 13.2. The van der Waals surface area contributed by atoms with E-state index in [1.54, 1.807) is 42.5 Å². The zero-order valence-corrected chi connectivity index (χ0v) is 18.7. The Kier molecular flexibility index (Phi) is 6.46. The molecule has 1 atom stereocenters. The Hall–Kier alpha value is -3.32. The molecule has 0 heterocycles. The van der Waals surface area contributed by atoms with E-state index in [1.807, 2.05) is 18.2 Å². The van der Waals surface area contributed by atoms with Gasteiger partial charge in [-0.05, 0) is 54.7 Å². The van der Waals surface area contributed by atoms with E-state index in [0.29, 0.717) is 11.4 Å². The third-order valence-electron chi connectivity index (χ3n) is 5.66. The third-order valence-corrected chi connectivity index (χ3v) is 7.45. The second kappa shape index (κ2) is 9.44. The third kappa shape index (κ3) is 4.62. The number of benzene rings is 3. The van der Waals surface area contributed by atoms with E-state index in [9.17, 15) is 13.2 Å². The zero-order valence-electron chi connectivity index (χ0n) is 17.9. The number of carbonyl (C=O) groups excluding carboxylic acids is 1. The molecule has 0 radical (unpaired) electrons. The van der Waals surface area contributed by atoms with Crippen LogP contribution in [0.3, 0.4) is 0 Å². The molecule has 1 amide bonds. The van der Waals surface area contributed by atoms with Crippen LogP contribution in [0.1, 0.15) is 30.0 Å². The van der Waals surface area contributed by atoms with Crippen molar-refractivity contribution in [1.29, 1.82) is 0 Å². The number of carbonyl (C=O) groups is 1. The van der Waals surface area contributed by atoms with Crippen LogP contribution in [-0.4, -0.2) is 28.0 Å². The Morgan fingerprint density at radius 3 is 2.56 bits per heavy atom. The number of hydrogen-bond acceptors (Lipinski definition) is 4. The van der Waals surface area contributed by atoms with Gasteiger partial charge in [0.25, 0.3) is 10.0 Å². The molecule has 0 saturated heterocycles. The van der Waals surface area contributed by atoms with Crippen molar-refractivity contribution in [2.24, 2.45) is 0 Å². The number of amides is 1. The van der Waals surface area contributed by atoms with Gasteiger partial charge in [-0.1, -0.05) is 48.5 Å². The molecule has 0 saturated carbocycles. The predicted molar refractivity (Wildman–Crippen MR) is 124 cm³/mol. The normalized spacial score (nSPS) is 15.5. The van der Waals surface area contributed by atoms with E-state index < -0.39 is 10.0 Å². The molecule has 0 aromatic heterocycles. The van der Waals surface area contributed by atoms with Gasteiger partial charge in [0, 0.05) is 6.07 Å². The number of anilines is 1. The van der Waals surface area contributed by atoms with Crippen molar-refractivity contribution < 1.29 is 17.9 Å². The van der Waals surface area contributed by atoms with Gasteiger partial charge in [-0.15, -0.1) is 0 Å². The first kappa shape index (κ1) is 21.9. The van der Waals surface area contributed by atoms with Crippen LogP contribution in [0.15, 0.2) is 83.8 Å². The Labute approximate surface area is 188 Å². The molecule has 0 fully saturated rings. The van der Waals surface area contributed by atoms with Crippen molar-refractivity contribution in [3.8, 4) is 5.75 Å². The molecule has 7 heteroatoms. The number of ether oxygens (including phenoxy) is 1. The second-order valence-corrected chi connectivity index (χ2v) is 9.60. The fourth-order valence-corrected chi connectivity index (χ4v) is 5.51. The molecule has 0 aliphatic heterocycles. The van der Waals surface area contributed by atoms with Crippen molar-refractivity contribution in [3.05, 3.63) is 90.0 Å². The van der Waals surface area contributed by atoms with Crippen molar-refractivity contribution in [2.75, 3.05) is 18.0 Å². The molecular formula is C25H26N2O4S. The van der Waals surface area contributed by atoms with Gasteiger partial charge in [0.05, 0.1) is 23.7 Å². The van der Waals surface area contributed by atoms with Crippen molar-refractivity contribution in [3.63, 3.8) is 0 Å². The van der Waals surface area contributed by atoms with Crippen LogP contribution in [-0.2, 0) is 21.2 Å². The summed E-state index contributed by atoms with van der Waals surface area (Å²) in [5.41, 5.74) is 2.70. The highest BCUT2D eigenvalue weighted by Crippen LogP contribution is 2.30. The molecule has 0 bridgehead atoms. The Bertz CT molecular complexity index is 1200. The maximum absolute atomic E-state index is 13.5. The smallest absolute Gasteiger partial charge is 0.264 e. The molecule has 166 valence electrons. The lowest BCUT2D eigenvalue weighted by Gasteiger charge is -2.29. The molecule has 1 aliphatic rings. The van der Waals surface area contributed by atoms with E-state index in [0.717, 1.165) is 29.1 Å². The molecule has 1 aliphatic carbocycles. The minimum Gasteiger partial charge on any atom is -0.497 e. The lowest BCUT2D eigenvalue weighted by Crippen LogP contribution is -2.42. The Morgan fingerprint density at radius 1 is 1.03 bits per heavy atom. The highest BCUT2D eigenvalue weighted by molar-refractivity contribution is 7.92. The summed E-state index contributed by atoms with van der Waals surface area (Å²) < 4.78 is 33.3. The van der Waals surface area contributed by atoms with Crippen molar-refractivity contribution >= 4 is 21.6 Å². The van der Waals surface area contributed by atoms with Crippen LogP contribution in [0.4, 0.5) is 5.69 Å². The van der Waals surface area contributed by atoms with Gasteiger partial charge in [-0.3, -0.25) is 9.10 Å². The molecule has 6 nitrogen and oxygen atoms in total. The summed E-state index contributed by atoms with van der Waals surface area (Å²) in [6.07, 6.45) is 2.79. The van der Waals surface area contributed by atoms with Crippen LogP contribution in [0.2, 0.25) is 0 Å². The quantitative estimate of drug-likeness (QED) is 0.588. The lowest BCUT2D eigenvalue weighted by atomic mass is 9.88. The number of nitrogens with one attached hydrogen (secondary N) is 1. The van der Waals surface area contributed by atoms with E-state index in [4.69, 9.17) is 4.74 Å². The first-order valence-corrected chi connectivity index (χ1v) is 12.0. The summed E-state index contributed by atoms with van der Waals surface area (Å²) in [5, 5.41) is 3.05. The first-order valence-electron chi connectivity index (χ1n) is 10.6. The van der Waals surface area contributed by atoms with Gasteiger partial charge in [-0.2, -0.15) is 0 Å². The summed E-state index contributed by atoms with van der Waals surface area (Å²) in [6.45, 7) is -0.330. The lowest BCUT2D eigenvalue weighted by molar-refractivity contribution is -0.120. The number of sulfonamides is 1. The standard InChI is InChI=1S/C25H26N2O4S/c1-31-21-12-8-11-20(17-21)27(32(29,30)22-13-3-2-4-14-22)18-25(28)26-24-16-7-10-19-9-5-6-15-23(19)24/h2-6,8-9,11-15,17,24H,7,10,16,18H2,1H3,(H,26,28)/t24-/m0/s1. The van der Waals surface area contributed by atoms with E-state index >= 15 is 0 Å². The average molecular weight is 451 g/mol. The SMILES string of the molecule is COc1cccc(N(CC(=O)N[C@H]2CCCc3ccccc32)S(=O)(=O)c2ccccc2)c1. The van der Waals surface area contributed by atoms with Crippen LogP contribution < -0.4 is 14.4 Å². The number of aryl methyl sites for hydroxylation is 1. The number of fused-ring (bicyclic) bond motifs is 1. The molecule has 32 heavy (non-hydrogen) atoms. The molecule has 1 N–H and O–H groups in total. The van der Waals surface area contributed by atoms with Gasteiger partial charge >= 0.3 is 0 Å². The molecule has 0 spiro atoms. The molecular weight excluding hydrogens is 424 g/mol. The second-order valence-electron chi connectivity index (χ2n) is 7.74. The van der Waals surface area contributed by atoms with Gasteiger partial charge in [0.1, 0.15) is 12.3 Å². The van der Waals surface area contributed by atoms with Gasteiger partial charge in [0.2, 0.25) is 5.91 Å². The largest absolute Gasteiger partial charge is 0.497 e. The van der Waals surface area contributed by atoms with Crippen molar-refractivity contribution in [1.82, 2.24) is 5.32 Å². The summed E-state index contributed by atoms with van der Waals surface area (Å²) >= 11 is 0. The maximum atomic E-state index is 13.5. The van der Waals surface area contributed by atoms with Gasteiger partial charge in [-0.25, -0.2) is 8.42 Å². The molecule has 3 aromatic carbocycles. The number of methoxy groups -OCH3 is 1. The topological polar surface area (TPSA) is 75.7 Å². The van der Waals surface area contributed by atoms with Gasteiger partial charge < -0.3 is 10.1 Å². The Balaban J connectivity index is 1.63. The fourth-order valence-electron chi connectivity index (χ4n) is 4.07. The van der Waals surface area contributed by atoms with Crippen LogP contribution in [0.25, 0.3) is 0 Å². The van der Waals surface area contributed by atoms with E-state index in [2.05, 4.69) is 11.4 Å². The highest BCUT2D eigenvalue weighted by Gasteiger charge is 2.29. The molecule has 4 rings (SSSR count). The van der Waals surface area contributed by atoms with Crippen LogP contribution in [0.5, 0.6) is 5.75 Å². The monoisotopic (exact) mass is 450 g/mol. The number of rotatable bonds is 7. The van der Waals surface area contributed by atoms with Crippen molar-refractivity contribution in [2.45, 2.75) is 30.2 Å². The van der Waals surface area contributed by atoms with Crippen LogP contribution >= 0.6 is 0 Å².